The second kappa shape index (κ2) is 6.49. The second-order valence-corrected chi connectivity index (χ2v) is 4.87. The molecular weight excluding hydrogens is 305 g/mol. The summed E-state index contributed by atoms with van der Waals surface area (Å²) in [5.74, 6) is -2.31. The third-order valence-corrected chi connectivity index (χ3v) is 2.94. The van der Waals surface area contributed by atoms with Crippen LogP contribution in [0.2, 0.25) is 0 Å². The summed E-state index contributed by atoms with van der Waals surface area (Å²) in [6.07, 6.45) is -0.0404. The SMILES string of the molecule is CC(CNC(=O)c1cccc(Br)c1F)CC(=O)O. The lowest BCUT2D eigenvalue weighted by Crippen LogP contribution is -2.29. The molecule has 0 fully saturated rings. The minimum atomic E-state index is -0.926. The maximum atomic E-state index is 13.6. The molecule has 1 aromatic carbocycles. The molecule has 0 saturated carbocycles. The van der Waals surface area contributed by atoms with E-state index in [1.54, 1.807) is 13.0 Å². The molecule has 0 bridgehead atoms. The van der Waals surface area contributed by atoms with E-state index in [4.69, 9.17) is 5.11 Å². The minimum Gasteiger partial charge on any atom is -0.481 e. The summed E-state index contributed by atoms with van der Waals surface area (Å²) in [5, 5.41) is 11.1. The van der Waals surface area contributed by atoms with Gasteiger partial charge in [0.2, 0.25) is 0 Å². The maximum absolute atomic E-state index is 13.6. The number of carboxylic acids is 1. The van der Waals surface area contributed by atoms with Crippen LogP contribution in [0, 0.1) is 11.7 Å². The van der Waals surface area contributed by atoms with Gasteiger partial charge in [0.05, 0.1) is 10.0 Å². The predicted octanol–water partition coefficient (Wildman–Crippen LogP) is 2.43. The molecule has 1 aromatic rings. The smallest absolute Gasteiger partial charge is 0.303 e. The lowest BCUT2D eigenvalue weighted by atomic mass is 10.1. The highest BCUT2D eigenvalue weighted by atomic mass is 79.9. The van der Waals surface area contributed by atoms with Crippen molar-refractivity contribution >= 4 is 27.8 Å². The van der Waals surface area contributed by atoms with E-state index < -0.39 is 17.7 Å². The van der Waals surface area contributed by atoms with Crippen LogP contribution in [0.25, 0.3) is 0 Å². The quantitative estimate of drug-likeness (QED) is 0.876. The minimum absolute atomic E-state index is 0.0404. The number of aliphatic carboxylic acids is 1. The highest BCUT2D eigenvalue weighted by Gasteiger charge is 2.15. The van der Waals surface area contributed by atoms with E-state index in [2.05, 4.69) is 21.2 Å². The summed E-state index contributed by atoms with van der Waals surface area (Å²) >= 11 is 2.99. The van der Waals surface area contributed by atoms with Crippen LogP contribution in [0.3, 0.4) is 0 Å². The number of carboxylic acid groups (broad SMARTS) is 1. The summed E-state index contributed by atoms with van der Waals surface area (Å²) in [6, 6.07) is 4.43. The van der Waals surface area contributed by atoms with Gasteiger partial charge < -0.3 is 10.4 Å². The summed E-state index contributed by atoms with van der Waals surface area (Å²) in [7, 11) is 0. The Morgan fingerprint density at radius 3 is 2.78 bits per heavy atom. The van der Waals surface area contributed by atoms with Gasteiger partial charge in [0.25, 0.3) is 5.91 Å². The molecule has 0 aliphatic heterocycles. The Morgan fingerprint density at radius 1 is 1.50 bits per heavy atom. The van der Waals surface area contributed by atoms with E-state index in [1.165, 1.54) is 12.1 Å². The van der Waals surface area contributed by atoms with Crippen molar-refractivity contribution < 1.29 is 19.1 Å². The monoisotopic (exact) mass is 317 g/mol. The molecule has 98 valence electrons. The Labute approximate surface area is 112 Å². The summed E-state index contributed by atoms with van der Waals surface area (Å²) in [4.78, 5) is 22.1. The molecule has 0 heterocycles. The first-order chi connectivity index (χ1) is 8.41. The largest absolute Gasteiger partial charge is 0.481 e. The lowest BCUT2D eigenvalue weighted by Gasteiger charge is -2.11. The molecule has 2 N–H and O–H groups in total. The molecule has 0 aliphatic carbocycles. The van der Waals surface area contributed by atoms with Crippen molar-refractivity contribution in [2.24, 2.45) is 5.92 Å². The molecule has 1 unspecified atom stereocenters. The lowest BCUT2D eigenvalue weighted by molar-refractivity contribution is -0.137. The average molecular weight is 318 g/mol. The first-order valence-electron chi connectivity index (χ1n) is 5.35. The van der Waals surface area contributed by atoms with E-state index >= 15 is 0 Å². The number of carbonyl (C=O) groups is 2. The zero-order valence-corrected chi connectivity index (χ0v) is 11.3. The van der Waals surface area contributed by atoms with Gasteiger partial charge in [0, 0.05) is 13.0 Å². The number of amides is 1. The second-order valence-electron chi connectivity index (χ2n) is 4.01. The standard InChI is InChI=1S/C12H13BrFNO3/c1-7(5-10(16)17)6-15-12(18)8-3-2-4-9(13)11(8)14/h2-4,7H,5-6H2,1H3,(H,15,18)(H,16,17). The zero-order chi connectivity index (χ0) is 13.7. The van der Waals surface area contributed by atoms with E-state index in [1.807, 2.05) is 0 Å². The average Bonchev–Trinajstić information content (AvgIpc) is 2.29. The highest BCUT2D eigenvalue weighted by Crippen LogP contribution is 2.18. The van der Waals surface area contributed by atoms with Gasteiger partial charge in [0.1, 0.15) is 5.82 Å². The maximum Gasteiger partial charge on any atom is 0.303 e. The topological polar surface area (TPSA) is 66.4 Å². The van der Waals surface area contributed by atoms with Crippen molar-refractivity contribution in [1.29, 1.82) is 0 Å². The third kappa shape index (κ3) is 4.10. The Kier molecular flexibility index (Phi) is 5.27. The van der Waals surface area contributed by atoms with Crippen molar-refractivity contribution in [2.75, 3.05) is 6.54 Å². The van der Waals surface area contributed by atoms with Crippen molar-refractivity contribution in [3.63, 3.8) is 0 Å². The fourth-order valence-corrected chi connectivity index (χ4v) is 1.78. The number of carbonyl (C=O) groups excluding carboxylic acids is 1. The molecular formula is C12H13BrFNO3. The molecule has 6 heteroatoms. The molecule has 4 nitrogen and oxygen atoms in total. The van der Waals surface area contributed by atoms with Gasteiger partial charge in [-0.3, -0.25) is 9.59 Å². The Balaban J connectivity index is 2.61. The number of benzene rings is 1. The fourth-order valence-electron chi connectivity index (χ4n) is 1.41. The van der Waals surface area contributed by atoms with E-state index in [0.717, 1.165) is 0 Å². The summed E-state index contributed by atoms with van der Waals surface area (Å²) in [6.45, 7) is 1.89. The molecule has 0 spiro atoms. The van der Waals surface area contributed by atoms with E-state index in [0.29, 0.717) is 0 Å². The molecule has 0 saturated heterocycles. The van der Waals surface area contributed by atoms with Gasteiger partial charge in [0.15, 0.2) is 0 Å². The highest BCUT2D eigenvalue weighted by molar-refractivity contribution is 9.10. The normalized spacial score (nSPS) is 11.9. The van der Waals surface area contributed by atoms with Crippen LogP contribution in [0.15, 0.2) is 22.7 Å². The summed E-state index contributed by atoms with van der Waals surface area (Å²) < 4.78 is 13.8. The van der Waals surface area contributed by atoms with Crippen LogP contribution in [-0.4, -0.2) is 23.5 Å². The fraction of sp³-hybridized carbons (Fsp3) is 0.333. The number of halogens is 2. The van der Waals surface area contributed by atoms with Gasteiger partial charge in [-0.15, -0.1) is 0 Å². The van der Waals surface area contributed by atoms with Crippen molar-refractivity contribution in [2.45, 2.75) is 13.3 Å². The van der Waals surface area contributed by atoms with Crippen molar-refractivity contribution in [3.8, 4) is 0 Å². The number of hydrogen-bond donors (Lipinski definition) is 2. The molecule has 18 heavy (non-hydrogen) atoms. The van der Waals surface area contributed by atoms with Crippen LogP contribution in [-0.2, 0) is 4.79 Å². The van der Waals surface area contributed by atoms with Crippen molar-refractivity contribution in [3.05, 3.63) is 34.1 Å². The van der Waals surface area contributed by atoms with Gasteiger partial charge in [-0.2, -0.15) is 0 Å². The van der Waals surface area contributed by atoms with E-state index in [-0.39, 0.29) is 28.9 Å². The first kappa shape index (κ1) is 14.6. The number of nitrogens with one attached hydrogen (secondary N) is 1. The van der Waals surface area contributed by atoms with Gasteiger partial charge in [-0.05, 0) is 34.0 Å². The Hall–Kier alpha value is -1.43. The number of rotatable bonds is 5. The van der Waals surface area contributed by atoms with Gasteiger partial charge in [-0.25, -0.2) is 4.39 Å². The molecule has 0 radical (unpaired) electrons. The molecule has 0 aromatic heterocycles. The van der Waals surface area contributed by atoms with Gasteiger partial charge in [-0.1, -0.05) is 13.0 Å². The molecule has 0 aliphatic rings. The zero-order valence-electron chi connectivity index (χ0n) is 9.74. The van der Waals surface area contributed by atoms with E-state index in [9.17, 15) is 14.0 Å². The van der Waals surface area contributed by atoms with Crippen LogP contribution < -0.4 is 5.32 Å². The predicted molar refractivity (Wildman–Crippen MR) is 67.9 cm³/mol. The van der Waals surface area contributed by atoms with Crippen LogP contribution in [0.5, 0.6) is 0 Å². The summed E-state index contributed by atoms with van der Waals surface area (Å²) in [5.41, 5.74) is -0.0631. The Bertz CT molecular complexity index is 465. The first-order valence-corrected chi connectivity index (χ1v) is 6.15. The van der Waals surface area contributed by atoms with Crippen LogP contribution >= 0.6 is 15.9 Å². The molecule has 1 rings (SSSR count). The van der Waals surface area contributed by atoms with Crippen LogP contribution in [0.4, 0.5) is 4.39 Å². The number of hydrogen-bond acceptors (Lipinski definition) is 2. The third-order valence-electron chi connectivity index (χ3n) is 2.33. The van der Waals surface area contributed by atoms with Crippen molar-refractivity contribution in [1.82, 2.24) is 5.32 Å². The molecule has 1 amide bonds. The van der Waals surface area contributed by atoms with Gasteiger partial charge >= 0.3 is 5.97 Å². The molecule has 1 atom stereocenters. The van der Waals surface area contributed by atoms with Crippen LogP contribution in [0.1, 0.15) is 23.7 Å². The Morgan fingerprint density at radius 2 is 2.17 bits per heavy atom.